The minimum atomic E-state index is 0.0290. The second-order valence-electron chi connectivity index (χ2n) is 4.91. The zero-order chi connectivity index (χ0) is 14.5. The van der Waals surface area contributed by atoms with Gasteiger partial charge in [-0.15, -0.1) is 0 Å². The van der Waals surface area contributed by atoms with Crippen LogP contribution in [-0.2, 0) is 6.61 Å². The van der Waals surface area contributed by atoms with Crippen molar-refractivity contribution in [3.05, 3.63) is 64.7 Å². The lowest BCUT2D eigenvalue weighted by Gasteiger charge is -2.12. The molecule has 0 aliphatic heterocycles. The molecule has 0 fully saturated rings. The molecule has 0 amide bonds. The van der Waals surface area contributed by atoms with Crippen LogP contribution in [0.5, 0.6) is 5.75 Å². The maximum absolute atomic E-state index is 8.75. The minimum absolute atomic E-state index is 0.0290. The van der Waals surface area contributed by atoms with Crippen LogP contribution in [-0.4, -0.2) is 0 Å². The Balaban J connectivity index is 2.05. The molecule has 0 unspecified atom stereocenters. The molecule has 3 heteroatoms. The molecule has 2 rings (SSSR count). The molecule has 0 heterocycles. The molecule has 2 aromatic rings. The van der Waals surface area contributed by atoms with E-state index in [1.54, 1.807) is 12.1 Å². The molecule has 0 aliphatic rings. The van der Waals surface area contributed by atoms with E-state index < -0.39 is 0 Å². The maximum atomic E-state index is 8.75. The molecule has 0 spiro atoms. The summed E-state index contributed by atoms with van der Waals surface area (Å²) >= 11 is 0. The van der Waals surface area contributed by atoms with Gasteiger partial charge in [-0.05, 0) is 48.7 Å². The number of ether oxygens (including phenoxy) is 1. The summed E-state index contributed by atoms with van der Waals surface area (Å²) in [5.74, 6) is 0.860. The van der Waals surface area contributed by atoms with E-state index in [1.165, 1.54) is 0 Å². The van der Waals surface area contributed by atoms with Crippen LogP contribution in [0.4, 0.5) is 0 Å². The van der Waals surface area contributed by atoms with Crippen molar-refractivity contribution < 1.29 is 4.74 Å². The lowest BCUT2D eigenvalue weighted by molar-refractivity contribution is 0.304. The SMILES string of the molecule is Cc1cc([C@H](C)N)ccc1OCc1ccc(C#N)cc1. The van der Waals surface area contributed by atoms with Crippen molar-refractivity contribution in [3.8, 4) is 11.8 Å². The normalized spacial score (nSPS) is 11.7. The molecule has 0 bridgehead atoms. The Morgan fingerprint density at radius 3 is 2.45 bits per heavy atom. The van der Waals surface area contributed by atoms with Gasteiger partial charge in [-0.2, -0.15) is 5.26 Å². The molecule has 1 atom stereocenters. The molecule has 0 aliphatic carbocycles. The highest BCUT2D eigenvalue weighted by atomic mass is 16.5. The van der Waals surface area contributed by atoms with Crippen molar-refractivity contribution in [3.63, 3.8) is 0 Å². The first-order chi connectivity index (χ1) is 9.60. The van der Waals surface area contributed by atoms with E-state index in [9.17, 15) is 0 Å². The number of aryl methyl sites for hydroxylation is 1. The van der Waals surface area contributed by atoms with Crippen LogP contribution >= 0.6 is 0 Å². The smallest absolute Gasteiger partial charge is 0.122 e. The van der Waals surface area contributed by atoms with Crippen LogP contribution in [0.2, 0.25) is 0 Å². The first kappa shape index (κ1) is 14.1. The maximum Gasteiger partial charge on any atom is 0.122 e. The van der Waals surface area contributed by atoms with Gasteiger partial charge in [0, 0.05) is 6.04 Å². The summed E-state index contributed by atoms with van der Waals surface area (Å²) in [5.41, 5.74) is 9.74. The second-order valence-corrected chi connectivity index (χ2v) is 4.91. The van der Waals surface area contributed by atoms with Gasteiger partial charge >= 0.3 is 0 Å². The number of hydrogen-bond acceptors (Lipinski definition) is 3. The van der Waals surface area contributed by atoms with Crippen molar-refractivity contribution >= 4 is 0 Å². The van der Waals surface area contributed by atoms with E-state index in [0.717, 1.165) is 22.4 Å². The van der Waals surface area contributed by atoms with Gasteiger partial charge < -0.3 is 10.5 Å². The van der Waals surface area contributed by atoms with Crippen LogP contribution in [0, 0.1) is 18.3 Å². The highest BCUT2D eigenvalue weighted by Crippen LogP contribution is 2.22. The fourth-order valence-electron chi connectivity index (χ4n) is 1.95. The molecule has 2 aromatic carbocycles. The summed E-state index contributed by atoms with van der Waals surface area (Å²) in [4.78, 5) is 0. The van der Waals surface area contributed by atoms with E-state index in [1.807, 2.05) is 38.1 Å². The summed E-state index contributed by atoms with van der Waals surface area (Å²) in [6.45, 7) is 4.47. The molecule has 3 nitrogen and oxygen atoms in total. The Hall–Kier alpha value is -2.31. The second kappa shape index (κ2) is 6.23. The molecule has 0 saturated heterocycles. The van der Waals surface area contributed by atoms with Gasteiger partial charge in [0.25, 0.3) is 0 Å². The molecule has 0 saturated carbocycles. The third kappa shape index (κ3) is 3.37. The minimum Gasteiger partial charge on any atom is -0.489 e. The number of nitrogens with two attached hydrogens (primary N) is 1. The van der Waals surface area contributed by atoms with E-state index in [0.29, 0.717) is 12.2 Å². The average molecular weight is 266 g/mol. The van der Waals surface area contributed by atoms with Gasteiger partial charge in [0.2, 0.25) is 0 Å². The first-order valence-corrected chi connectivity index (χ1v) is 6.58. The van der Waals surface area contributed by atoms with Crippen molar-refractivity contribution in [1.82, 2.24) is 0 Å². The Bertz CT molecular complexity index is 624. The van der Waals surface area contributed by atoms with Crippen LogP contribution < -0.4 is 10.5 Å². The van der Waals surface area contributed by atoms with Crippen molar-refractivity contribution in [2.24, 2.45) is 5.73 Å². The largest absolute Gasteiger partial charge is 0.489 e. The number of benzene rings is 2. The molecular formula is C17H18N2O. The van der Waals surface area contributed by atoms with E-state index >= 15 is 0 Å². The molecule has 20 heavy (non-hydrogen) atoms. The predicted molar refractivity (Wildman–Crippen MR) is 79.3 cm³/mol. The number of nitriles is 1. The van der Waals surface area contributed by atoms with Crippen molar-refractivity contribution in [1.29, 1.82) is 5.26 Å². The predicted octanol–water partition coefficient (Wildman–Crippen LogP) is 3.47. The average Bonchev–Trinajstić information content (AvgIpc) is 2.46. The number of hydrogen-bond donors (Lipinski definition) is 1. The number of rotatable bonds is 4. The van der Waals surface area contributed by atoms with Crippen LogP contribution in [0.3, 0.4) is 0 Å². The summed E-state index contributed by atoms with van der Waals surface area (Å²) in [7, 11) is 0. The van der Waals surface area contributed by atoms with Gasteiger partial charge in [0.15, 0.2) is 0 Å². The lowest BCUT2D eigenvalue weighted by Crippen LogP contribution is -2.05. The molecule has 2 N–H and O–H groups in total. The Morgan fingerprint density at radius 2 is 1.90 bits per heavy atom. The fourth-order valence-corrected chi connectivity index (χ4v) is 1.95. The van der Waals surface area contributed by atoms with E-state index in [4.69, 9.17) is 15.7 Å². The Morgan fingerprint density at radius 1 is 1.20 bits per heavy atom. The fraction of sp³-hybridized carbons (Fsp3) is 0.235. The van der Waals surface area contributed by atoms with Crippen LogP contribution in [0.1, 0.15) is 35.2 Å². The first-order valence-electron chi connectivity index (χ1n) is 6.58. The lowest BCUT2D eigenvalue weighted by atomic mass is 10.1. The number of nitrogens with zero attached hydrogens (tertiary/aromatic N) is 1. The third-order valence-electron chi connectivity index (χ3n) is 3.20. The highest BCUT2D eigenvalue weighted by Gasteiger charge is 2.04. The van der Waals surface area contributed by atoms with E-state index in [2.05, 4.69) is 12.1 Å². The van der Waals surface area contributed by atoms with Crippen LogP contribution in [0.15, 0.2) is 42.5 Å². The molecule has 0 radical (unpaired) electrons. The van der Waals surface area contributed by atoms with Gasteiger partial charge in [0.05, 0.1) is 11.6 Å². The van der Waals surface area contributed by atoms with Gasteiger partial charge in [-0.3, -0.25) is 0 Å². The summed E-state index contributed by atoms with van der Waals surface area (Å²) in [6, 6.07) is 15.5. The monoisotopic (exact) mass is 266 g/mol. The van der Waals surface area contributed by atoms with Crippen molar-refractivity contribution in [2.45, 2.75) is 26.5 Å². The van der Waals surface area contributed by atoms with E-state index in [-0.39, 0.29) is 6.04 Å². The quantitative estimate of drug-likeness (QED) is 0.921. The molecular weight excluding hydrogens is 248 g/mol. The zero-order valence-electron chi connectivity index (χ0n) is 11.8. The van der Waals surface area contributed by atoms with Crippen molar-refractivity contribution in [2.75, 3.05) is 0 Å². The van der Waals surface area contributed by atoms with Crippen LogP contribution in [0.25, 0.3) is 0 Å². The highest BCUT2D eigenvalue weighted by molar-refractivity contribution is 5.37. The molecule has 0 aromatic heterocycles. The third-order valence-corrected chi connectivity index (χ3v) is 3.20. The molecule has 102 valence electrons. The summed E-state index contributed by atoms with van der Waals surface area (Å²) in [5, 5.41) is 8.75. The summed E-state index contributed by atoms with van der Waals surface area (Å²) in [6.07, 6.45) is 0. The topological polar surface area (TPSA) is 59.0 Å². The Labute approximate surface area is 119 Å². The van der Waals surface area contributed by atoms with Gasteiger partial charge in [-0.1, -0.05) is 24.3 Å². The zero-order valence-corrected chi connectivity index (χ0v) is 11.8. The summed E-state index contributed by atoms with van der Waals surface area (Å²) < 4.78 is 5.81. The van der Waals surface area contributed by atoms with Gasteiger partial charge in [0.1, 0.15) is 12.4 Å². The Kier molecular flexibility index (Phi) is 4.39. The van der Waals surface area contributed by atoms with Gasteiger partial charge in [-0.25, -0.2) is 0 Å². The standard InChI is InChI=1S/C17H18N2O/c1-12-9-16(13(2)19)7-8-17(12)20-11-15-5-3-14(10-18)4-6-15/h3-9,13H,11,19H2,1-2H3/t13-/m0/s1.